The minimum Gasteiger partial charge on any atom is -0.355 e. The van der Waals surface area contributed by atoms with E-state index >= 15 is 0 Å². The maximum absolute atomic E-state index is 12.8. The maximum Gasteiger partial charge on any atom is 0.269 e. The van der Waals surface area contributed by atoms with Gasteiger partial charge in [-0.05, 0) is 42.3 Å². The first-order valence-electron chi connectivity index (χ1n) is 8.62. The zero-order valence-electron chi connectivity index (χ0n) is 14.8. The molecule has 3 rings (SSSR count). The molecule has 7 nitrogen and oxygen atoms in total. The van der Waals surface area contributed by atoms with Gasteiger partial charge in [0, 0.05) is 36.9 Å². The number of benzene rings is 2. The van der Waals surface area contributed by atoms with E-state index in [2.05, 4.69) is 5.32 Å². The van der Waals surface area contributed by atoms with Gasteiger partial charge in [-0.3, -0.25) is 24.6 Å². The van der Waals surface area contributed by atoms with Crippen LogP contribution in [0, 0.1) is 10.1 Å². The number of rotatable bonds is 5. The summed E-state index contributed by atoms with van der Waals surface area (Å²) >= 11 is 0. The predicted molar refractivity (Wildman–Crippen MR) is 102 cm³/mol. The van der Waals surface area contributed by atoms with Gasteiger partial charge < -0.3 is 5.32 Å². The van der Waals surface area contributed by atoms with Gasteiger partial charge >= 0.3 is 0 Å². The lowest BCUT2D eigenvalue weighted by molar-refractivity contribution is -0.384. The molecule has 1 aliphatic heterocycles. The molecular weight excluding hydrogens is 346 g/mol. The fourth-order valence-corrected chi connectivity index (χ4v) is 3.12. The van der Waals surface area contributed by atoms with Crippen molar-refractivity contribution in [2.45, 2.75) is 19.4 Å². The Kier molecular flexibility index (Phi) is 5.30. The first-order chi connectivity index (χ1) is 13.0. The second-order valence-corrected chi connectivity index (χ2v) is 6.13. The van der Waals surface area contributed by atoms with Crippen molar-refractivity contribution in [2.24, 2.45) is 0 Å². The summed E-state index contributed by atoms with van der Waals surface area (Å²) in [5.74, 6) is -0.500. The van der Waals surface area contributed by atoms with E-state index in [0.29, 0.717) is 18.5 Å². The monoisotopic (exact) mass is 365 g/mol. The van der Waals surface area contributed by atoms with Crippen LogP contribution in [0.4, 0.5) is 11.4 Å². The van der Waals surface area contributed by atoms with Gasteiger partial charge in [0.1, 0.15) is 6.04 Å². The van der Waals surface area contributed by atoms with Crippen molar-refractivity contribution < 1.29 is 14.5 Å². The molecular formula is C20H19N3O4. The third-order valence-electron chi connectivity index (χ3n) is 4.39. The second-order valence-electron chi connectivity index (χ2n) is 6.13. The average molecular weight is 365 g/mol. The number of carbonyl (C=O) groups excluding carboxylic acids is 2. The van der Waals surface area contributed by atoms with E-state index in [1.54, 1.807) is 18.2 Å². The minimum atomic E-state index is -0.587. The van der Waals surface area contributed by atoms with Crippen LogP contribution in [0.2, 0.25) is 0 Å². The number of likely N-dealkylation sites (N-methyl/N-ethyl adjacent to an activating group) is 1. The van der Waals surface area contributed by atoms with Crippen molar-refractivity contribution in [2.75, 3.05) is 11.4 Å². The van der Waals surface area contributed by atoms with Crippen molar-refractivity contribution in [1.29, 1.82) is 0 Å². The Bertz CT molecular complexity index is 906. The van der Waals surface area contributed by atoms with Crippen LogP contribution in [0.1, 0.15) is 18.1 Å². The number of fused-ring (bicyclic) bond motifs is 1. The zero-order chi connectivity index (χ0) is 19.4. The van der Waals surface area contributed by atoms with E-state index in [0.717, 1.165) is 11.3 Å². The lowest BCUT2D eigenvalue weighted by Gasteiger charge is -2.23. The number of non-ortho nitro benzene ring substituents is 1. The molecule has 0 saturated heterocycles. The molecule has 0 bridgehead atoms. The lowest BCUT2D eigenvalue weighted by Crippen LogP contribution is -2.47. The zero-order valence-corrected chi connectivity index (χ0v) is 14.8. The molecule has 1 heterocycles. The normalized spacial score (nSPS) is 15.6. The van der Waals surface area contributed by atoms with Crippen molar-refractivity contribution in [1.82, 2.24) is 5.32 Å². The van der Waals surface area contributed by atoms with Crippen LogP contribution in [0.15, 0.2) is 54.6 Å². The van der Waals surface area contributed by atoms with E-state index in [4.69, 9.17) is 0 Å². The molecule has 0 fully saturated rings. The molecule has 0 spiro atoms. The topological polar surface area (TPSA) is 92.6 Å². The van der Waals surface area contributed by atoms with Crippen LogP contribution in [0.3, 0.4) is 0 Å². The van der Waals surface area contributed by atoms with Crippen molar-refractivity contribution in [3.63, 3.8) is 0 Å². The molecule has 0 aliphatic carbocycles. The summed E-state index contributed by atoms with van der Waals surface area (Å²) in [4.78, 5) is 37.0. The molecule has 7 heteroatoms. The molecule has 2 aromatic rings. The van der Waals surface area contributed by atoms with Gasteiger partial charge in [0.05, 0.1) is 4.92 Å². The molecule has 138 valence electrons. The van der Waals surface area contributed by atoms with E-state index in [1.165, 1.54) is 23.1 Å². The smallest absolute Gasteiger partial charge is 0.269 e. The highest BCUT2D eigenvalue weighted by Crippen LogP contribution is 2.32. The van der Waals surface area contributed by atoms with Crippen LogP contribution in [-0.4, -0.2) is 29.3 Å². The first kappa shape index (κ1) is 18.3. The Morgan fingerprint density at radius 3 is 2.59 bits per heavy atom. The number of nitro groups is 1. The second kappa shape index (κ2) is 7.82. The average Bonchev–Trinajstić information content (AvgIpc) is 3.06. The number of amides is 2. The van der Waals surface area contributed by atoms with Gasteiger partial charge in [0.2, 0.25) is 5.91 Å². The van der Waals surface area contributed by atoms with Gasteiger partial charge in [0.15, 0.2) is 0 Å². The number of anilines is 1. The molecule has 0 radical (unpaired) electrons. The quantitative estimate of drug-likeness (QED) is 0.501. The van der Waals surface area contributed by atoms with Crippen LogP contribution in [0.5, 0.6) is 0 Å². The summed E-state index contributed by atoms with van der Waals surface area (Å²) in [5, 5.41) is 13.5. The largest absolute Gasteiger partial charge is 0.355 e. The number of nitrogens with one attached hydrogen (secondary N) is 1. The number of nitrogens with zero attached hydrogens (tertiary/aromatic N) is 2. The number of hydrogen-bond acceptors (Lipinski definition) is 4. The summed E-state index contributed by atoms with van der Waals surface area (Å²) in [5.41, 5.74) is 2.33. The third-order valence-corrected chi connectivity index (χ3v) is 4.39. The van der Waals surface area contributed by atoms with Crippen LogP contribution in [-0.2, 0) is 16.0 Å². The summed E-state index contributed by atoms with van der Waals surface area (Å²) in [6.07, 6.45) is 3.44. The molecule has 2 amide bonds. The van der Waals surface area contributed by atoms with Crippen molar-refractivity contribution >= 4 is 29.3 Å². The molecule has 2 aromatic carbocycles. The molecule has 0 aromatic heterocycles. The Morgan fingerprint density at radius 2 is 1.93 bits per heavy atom. The van der Waals surface area contributed by atoms with Crippen LogP contribution < -0.4 is 10.2 Å². The SMILES string of the molecule is CCNC(=O)[C@@H]1Cc2ccccc2N1C(=O)/C=C\c1ccc([N+](=O)[O-])cc1. The molecule has 1 atom stereocenters. The van der Waals surface area contributed by atoms with E-state index < -0.39 is 11.0 Å². The van der Waals surface area contributed by atoms with Gasteiger partial charge in [-0.2, -0.15) is 0 Å². The Hall–Kier alpha value is -3.48. The fraction of sp³-hybridized carbons (Fsp3) is 0.200. The minimum absolute atomic E-state index is 0.0109. The number of nitro benzene ring substituents is 1. The molecule has 27 heavy (non-hydrogen) atoms. The molecule has 1 N–H and O–H groups in total. The first-order valence-corrected chi connectivity index (χ1v) is 8.62. The van der Waals surface area contributed by atoms with Crippen LogP contribution in [0.25, 0.3) is 6.08 Å². The summed E-state index contributed by atoms with van der Waals surface area (Å²) < 4.78 is 0. The van der Waals surface area contributed by atoms with Gasteiger partial charge in [-0.1, -0.05) is 18.2 Å². The highest BCUT2D eigenvalue weighted by molar-refractivity contribution is 6.09. The highest BCUT2D eigenvalue weighted by atomic mass is 16.6. The highest BCUT2D eigenvalue weighted by Gasteiger charge is 2.37. The standard InChI is InChI=1S/C20H19N3O4/c1-2-21-20(25)18-13-15-5-3-4-6-17(15)22(18)19(24)12-9-14-7-10-16(11-8-14)23(26)27/h3-12,18H,2,13H2,1H3,(H,21,25)/b12-9-/t18-/m0/s1. The van der Waals surface area contributed by atoms with E-state index in [1.807, 2.05) is 31.2 Å². The Morgan fingerprint density at radius 1 is 1.22 bits per heavy atom. The summed E-state index contributed by atoms with van der Waals surface area (Å²) in [7, 11) is 0. The van der Waals surface area contributed by atoms with Crippen molar-refractivity contribution in [3.8, 4) is 0 Å². The Labute approximate surface area is 156 Å². The van der Waals surface area contributed by atoms with E-state index in [9.17, 15) is 19.7 Å². The van der Waals surface area contributed by atoms with E-state index in [-0.39, 0.29) is 17.5 Å². The summed E-state index contributed by atoms with van der Waals surface area (Å²) in [6, 6.07) is 12.8. The number of carbonyl (C=O) groups is 2. The lowest BCUT2D eigenvalue weighted by atomic mass is 10.1. The Balaban J connectivity index is 1.83. The maximum atomic E-state index is 12.8. The molecule has 0 unspecified atom stereocenters. The fourth-order valence-electron chi connectivity index (χ4n) is 3.12. The van der Waals surface area contributed by atoms with Gasteiger partial charge in [-0.15, -0.1) is 0 Å². The van der Waals surface area contributed by atoms with Gasteiger partial charge in [-0.25, -0.2) is 0 Å². The number of para-hydroxylation sites is 1. The number of hydrogen-bond donors (Lipinski definition) is 1. The third kappa shape index (κ3) is 3.87. The summed E-state index contributed by atoms with van der Waals surface area (Å²) in [6.45, 7) is 2.33. The van der Waals surface area contributed by atoms with Crippen LogP contribution >= 0.6 is 0 Å². The predicted octanol–water partition coefficient (Wildman–Crippen LogP) is 2.70. The van der Waals surface area contributed by atoms with Crippen molar-refractivity contribution in [3.05, 3.63) is 75.8 Å². The molecule has 0 saturated carbocycles. The van der Waals surface area contributed by atoms with Gasteiger partial charge in [0.25, 0.3) is 11.6 Å². The molecule has 1 aliphatic rings.